The third-order valence-corrected chi connectivity index (χ3v) is 5.69. The van der Waals surface area contributed by atoms with E-state index in [1.54, 1.807) is 28.6 Å². The predicted molar refractivity (Wildman–Crippen MR) is 84.8 cm³/mol. The zero-order chi connectivity index (χ0) is 16.2. The van der Waals surface area contributed by atoms with E-state index in [4.69, 9.17) is 0 Å². The molecule has 1 aromatic rings. The van der Waals surface area contributed by atoms with Crippen LogP contribution in [0.5, 0.6) is 0 Å². The molecule has 1 aliphatic heterocycles. The molecule has 0 atom stereocenters. The van der Waals surface area contributed by atoms with Gasteiger partial charge < -0.3 is 22.6 Å². The molecule has 0 aliphatic carbocycles. The number of benzene rings is 1. The lowest BCUT2D eigenvalue weighted by atomic mass is 10.2. The summed E-state index contributed by atoms with van der Waals surface area (Å²) in [6.45, 7) is 4.60. The van der Waals surface area contributed by atoms with E-state index in [1.807, 2.05) is 7.05 Å². The highest BCUT2D eigenvalue weighted by Gasteiger charge is 2.25. The van der Waals surface area contributed by atoms with Gasteiger partial charge in [0.25, 0.3) is 0 Å². The van der Waals surface area contributed by atoms with E-state index in [1.165, 1.54) is 6.92 Å². The van der Waals surface area contributed by atoms with Crippen LogP contribution in [0.2, 0.25) is 0 Å². The van der Waals surface area contributed by atoms with E-state index in [2.05, 4.69) is 10.2 Å². The number of nitrogens with one attached hydrogen (secondary N) is 1. The van der Waals surface area contributed by atoms with Gasteiger partial charge >= 0.3 is 0 Å². The molecule has 0 spiro atoms. The number of carbonyl (C=O) groups is 1. The Balaban J connectivity index is 0.00000264. The summed E-state index contributed by atoms with van der Waals surface area (Å²) in [5, 5.41) is 2.69. The first-order valence-corrected chi connectivity index (χ1v) is 8.85. The number of nitrogens with zero attached hydrogens (tertiary/aromatic N) is 2. The highest BCUT2D eigenvalue weighted by Crippen LogP contribution is 2.18. The fourth-order valence-corrected chi connectivity index (χ4v) is 3.89. The predicted octanol–water partition coefficient (Wildman–Crippen LogP) is -2.35. The summed E-state index contributed by atoms with van der Waals surface area (Å²) in [4.78, 5) is 13.3. The molecule has 0 bridgehead atoms. The minimum absolute atomic E-state index is 0. The van der Waals surface area contributed by atoms with Crippen molar-refractivity contribution in [1.29, 1.82) is 0 Å². The number of rotatable bonds is 4. The Morgan fingerprint density at radius 3 is 2.39 bits per heavy atom. The first-order valence-electron chi connectivity index (χ1n) is 7.41. The molecule has 6 nitrogen and oxygen atoms in total. The van der Waals surface area contributed by atoms with Crippen molar-refractivity contribution in [3.05, 3.63) is 29.8 Å². The average molecular weight is 361 g/mol. The monoisotopic (exact) mass is 360 g/mol. The summed E-state index contributed by atoms with van der Waals surface area (Å²) in [7, 11) is -1.43. The summed E-state index contributed by atoms with van der Waals surface area (Å²) < 4.78 is 26.9. The maximum absolute atomic E-state index is 12.7. The van der Waals surface area contributed by atoms with Gasteiger partial charge in [0, 0.05) is 33.1 Å². The van der Waals surface area contributed by atoms with Crippen molar-refractivity contribution in [2.24, 2.45) is 0 Å². The maximum atomic E-state index is 12.7. The molecule has 0 saturated carbocycles. The summed E-state index contributed by atoms with van der Waals surface area (Å²) in [6.07, 6.45) is 0.844. The highest BCUT2D eigenvalue weighted by atomic mass is 35.5. The summed E-state index contributed by atoms with van der Waals surface area (Å²) in [5.74, 6) is -0.106. The third kappa shape index (κ3) is 5.46. The Hall–Kier alpha value is -1.15. The number of amides is 1. The van der Waals surface area contributed by atoms with Gasteiger partial charge in [0.2, 0.25) is 15.9 Å². The second-order valence-electron chi connectivity index (χ2n) is 5.61. The van der Waals surface area contributed by atoms with Gasteiger partial charge in [-0.05, 0) is 37.7 Å². The van der Waals surface area contributed by atoms with Gasteiger partial charge in [0.1, 0.15) is 0 Å². The lowest BCUT2D eigenvalue weighted by molar-refractivity contribution is -0.119. The van der Waals surface area contributed by atoms with Crippen molar-refractivity contribution in [1.82, 2.24) is 14.5 Å². The molecule has 1 aliphatic rings. The van der Waals surface area contributed by atoms with Crippen molar-refractivity contribution < 1.29 is 25.6 Å². The van der Waals surface area contributed by atoms with E-state index < -0.39 is 10.0 Å². The molecule has 0 aromatic heterocycles. The van der Waals surface area contributed by atoms with Crippen LogP contribution in [0.15, 0.2) is 29.2 Å². The van der Waals surface area contributed by atoms with Gasteiger partial charge in [-0.3, -0.25) is 4.79 Å². The van der Waals surface area contributed by atoms with Gasteiger partial charge in [-0.2, -0.15) is 4.31 Å². The number of likely N-dealkylation sites (N-methyl/N-ethyl adjacent to an activating group) is 1. The minimum atomic E-state index is -3.44. The Kier molecular flexibility index (Phi) is 7.47. The molecule has 1 aromatic carbocycles. The molecule has 1 fully saturated rings. The van der Waals surface area contributed by atoms with Crippen molar-refractivity contribution >= 4 is 15.9 Å². The van der Waals surface area contributed by atoms with Gasteiger partial charge in [-0.25, -0.2) is 8.42 Å². The Labute approximate surface area is 144 Å². The molecule has 23 heavy (non-hydrogen) atoms. The molecule has 1 heterocycles. The Bertz CT molecular complexity index is 619. The van der Waals surface area contributed by atoms with E-state index >= 15 is 0 Å². The van der Waals surface area contributed by atoms with Crippen LogP contribution in [0.25, 0.3) is 0 Å². The standard InChI is InChI=1S/C15H23N3O3S.ClH/c1-13(19)16-12-14-4-6-15(7-5-14)22(20,21)18-9-3-8-17(2)10-11-18;/h4-7H,3,8-12H2,1-2H3,(H,16,19);1H/p-1. The smallest absolute Gasteiger partial charge is 0.243 e. The molecule has 0 radical (unpaired) electrons. The summed E-state index contributed by atoms with van der Waals surface area (Å²) in [5.41, 5.74) is 0.879. The number of sulfonamides is 1. The number of carbonyl (C=O) groups excluding carboxylic acids is 1. The molecule has 0 unspecified atom stereocenters. The normalized spacial score (nSPS) is 17.1. The van der Waals surface area contributed by atoms with Crippen LogP contribution in [0.3, 0.4) is 0 Å². The lowest BCUT2D eigenvalue weighted by Gasteiger charge is -2.20. The van der Waals surface area contributed by atoms with Crippen molar-refractivity contribution in [2.75, 3.05) is 33.2 Å². The topological polar surface area (TPSA) is 69.7 Å². The van der Waals surface area contributed by atoms with Gasteiger partial charge in [0.05, 0.1) is 4.90 Å². The zero-order valence-corrected chi connectivity index (χ0v) is 15.0. The van der Waals surface area contributed by atoms with Crippen LogP contribution in [-0.4, -0.2) is 56.8 Å². The fourth-order valence-electron chi connectivity index (χ4n) is 2.42. The van der Waals surface area contributed by atoms with Gasteiger partial charge in [-0.1, -0.05) is 12.1 Å². The first-order chi connectivity index (χ1) is 10.4. The van der Waals surface area contributed by atoms with Crippen molar-refractivity contribution in [2.45, 2.75) is 24.8 Å². The minimum Gasteiger partial charge on any atom is -1.00 e. The Morgan fingerprint density at radius 2 is 1.78 bits per heavy atom. The van der Waals surface area contributed by atoms with Crippen LogP contribution in [0, 0.1) is 0 Å². The van der Waals surface area contributed by atoms with Crippen molar-refractivity contribution in [3.8, 4) is 0 Å². The maximum Gasteiger partial charge on any atom is 0.243 e. The SMILES string of the molecule is CC(=O)NCc1ccc(S(=O)(=O)N2CCCN(C)CC2)cc1.[Cl-]. The first kappa shape index (κ1) is 19.9. The van der Waals surface area contributed by atoms with Crippen LogP contribution in [-0.2, 0) is 21.4 Å². The highest BCUT2D eigenvalue weighted by molar-refractivity contribution is 7.89. The molecular formula is C15H23ClN3O3S-. The number of hydrogen-bond acceptors (Lipinski definition) is 4. The van der Waals surface area contributed by atoms with Gasteiger partial charge in [0.15, 0.2) is 0 Å². The average Bonchev–Trinajstić information content (AvgIpc) is 2.70. The number of halogens is 1. The van der Waals surface area contributed by atoms with E-state index in [-0.39, 0.29) is 18.3 Å². The molecular weight excluding hydrogens is 338 g/mol. The molecule has 8 heteroatoms. The van der Waals surface area contributed by atoms with E-state index in [0.29, 0.717) is 24.5 Å². The summed E-state index contributed by atoms with van der Waals surface area (Å²) in [6, 6.07) is 6.71. The molecule has 1 N–H and O–H groups in total. The third-order valence-electron chi connectivity index (χ3n) is 3.78. The van der Waals surface area contributed by atoms with Crippen LogP contribution in [0.1, 0.15) is 18.9 Å². The van der Waals surface area contributed by atoms with Crippen LogP contribution >= 0.6 is 0 Å². The number of hydrogen-bond donors (Lipinski definition) is 1. The lowest BCUT2D eigenvalue weighted by Crippen LogP contribution is -3.00. The van der Waals surface area contributed by atoms with E-state index in [0.717, 1.165) is 25.1 Å². The fraction of sp³-hybridized carbons (Fsp3) is 0.533. The summed E-state index contributed by atoms with van der Waals surface area (Å²) >= 11 is 0. The van der Waals surface area contributed by atoms with Crippen LogP contribution < -0.4 is 17.7 Å². The molecule has 2 rings (SSSR count). The largest absolute Gasteiger partial charge is 1.00 e. The molecule has 130 valence electrons. The van der Waals surface area contributed by atoms with Crippen molar-refractivity contribution in [3.63, 3.8) is 0 Å². The van der Waals surface area contributed by atoms with Gasteiger partial charge in [-0.15, -0.1) is 0 Å². The quantitative estimate of drug-likeness (QED) is 0.653. The zero-order valence-electron chi connectivity index (χ0n) is 13.5. The second kappa shape index (κ2) is 8.63. The molecule has 1 saturated heterocycles. The molecule has 1 amide bonds. The van der Waals surface area contributed by atoms with E-state index in [9.17, 15) is 13.2 Å². The van der Waals surface area contributed by atoms with Crippen LogP contribution in [0.4, 0.5) is 0 Å². The Morgan fingerprint density at radius 1 is 1.13 bits per heavy atom. The second-order valence-corrected chi connectivity index (χ2v) is 7.55.